The number of fused-ring (bicyclic) bond motifs is 1. The van der Waals surface area contributed by atoms with Gasteiger partial charge in [0.2, 0.25) is 0 Å². The van der Waals surface area contributed by atoms with E-state index in [-0.39, 0.29) is 25.1 Å². The van der Waals surface area contributed by atoms with Gasteiger partial charge in [0.05, 0.1) is 30.8 Å². The number of hydrogen-bond acceptors (Lipinski definition) is 5. The number of aromatic nitrogens is 2. The van der Waals surface area contributed by atoms with E-state index in [9.17, 15) is 14.4 Å². The first kappa shape index (κ1) is 12.4. The van der Waals surface area contributed by atoms with Crippen LogP contribution in [0.15, 0.2) is 6.20 Å². The van der Waals surface area contributed by atoms with Crippen LogP contribution in [0, 0.1) is 5.92 Å². The van der Waals surface area contributed by atoms with E-state index in [0.29, 0.717) is 12.1 Å². The molecule has 0 aliphatic heterocycles. The van der Waals surface area contributed by atoms with Gasteiger partial charge in [0.1, 0.15) is 0 Å². The van der Waals surface area contributed by atoms with E-state index in [1.54, 1.807) is 0 Å². The normalized spacial score (nSPS) is 18.5. The average Bonchev–Trinajstić information content (AvgIpc) is 2.74. The highest BCUT2D eigenvalue weighted by molar-refractivity contribution is 6.39. The summed E-state index contributed by atoms with van der Waals surface area (Å²) in [5.74, 6) is -4.25. The van der Waals surface area contributed by atoms with E-state index in [1.807, 2.05) is 0 Å². The Hall–Kier alpha value is -2.02. The largest absolute Gasteiger partial charge is 0.475 e. The van der Waals surface area contributed by atoms with Gasteiger partial charge in [0.15, 0.2) is 5.78 Å². The first-order valence-corrected chi connectivity index (χ1v) is 5.53. The number of aliphatic hydroxyl groups is 1. The molecule has 0 fully saturated rings. The summed E-state index contributed by atoms with van der Waals surface area (Å²) in [7, 11) is 0. The molecule has 2 N–H and O–H groups in total. The maximum atomic E-state index is 12.0. The van der Waals surface area contributed by atoms with E-state index < -0.39 is 23.5 Å². The molecule has 0 aromatic carbocycles. The predicted octanol–water partition coefficient (Wildman–Crippen LogP) is -0.726. The molecule has 1 unspecified atom stereocenters. The molecule has 1 aromatic rings. The summed E-state index contributed by atoms with van der Waals surface area (Å²) in [6, 6.07) is 0. The molecule has 1 aliphatic rings. The summed E-state index contributed by atoms with van der Waals surface area (Å²) in [5, 5.41) is 21.4. The second kappa shape index (κ2) is 4.69. The molecule has 0 bridgehead atoms. The third-order valence-corrected chi connectivity index (χ3v) is 3.04. The van der Waals surface area contributed by atoms with Crippen LogP contribution in [0.2, 0.25) is 0 Å². The van der Waals surface area contributed by atoms with Gasteiger partial charge in [0, 0.05) is 5.69 Å². The summed E-state index contributed by atoms with van der Waals surface area (Å²) < 4.78 is 1.51. The van der Waals surface area contributed by atoms with Crippen LogP contribution in [-0.2, 0) is 22.6 Å². The fourth-order valence-corrected chi connectivity index (χ4v) is 2.17. The number of carboxylic acid groups (broad SMARTS) is 1. The lowest BCUT2D eigenvalue weighted by molar-refractivity contribution is -0.150. The van der Waals surface area contributed by atoms with Gasteiger partial charge in [-0.2, -0.15) is 5.10 Å². The summed E-state index contributed by atoms with van der Waals surface area (Å²) in [6.07, 6.45) is 1.91. The summed E-state index contributed by atoms with van der Waals surface area (Å²) in [4.78, 5) is 34.0. The Balaban J connectivity index is 2.29. The van der Waals surface area contributed by atoms with Gasteiger partial charge >= 0.3 is 5.97 Å². The standard InChI is InChI=1S/C11H12N2O5/c14-4-3-13-8-2-1-6(10(16)11(17)18)9(15)7(8)5-12-13/h5-6,14H,1-4H2,(H,17,18). The molecule has 7 nitrogen and oxygen atoms in total. The number of carbonyl (C=O) groups excluding carboxylic acids is 2. The zero-order chi connectivity index (χ0) is 13.3. The molecule has 96 valence electrons. The van der Waals surface area contributed by atoms with Crippen LogP contribution in [0.5, 0.6) is 0 Å². The number of aliphatic carboxylic acids is 1. The fraction of sp³-hybridized carbons (Fsp3) is 0.455. The smallest absolute Gasteiger partial charge is 0.372 e. The third kappa shape index (κ3) is 1.92. The number of hydrogen-bond donors (Lipinski definition) is 2. The predicted molar refractivity (Wildman–Crippen MR) is 58.1 cm³/mol. The van der Waals surface area contributed by atoms with E-state index in [4.69, 9.17) is 10.2 Å². The topological polar surface area (TPSA) is 109 Å². The van der Waals surface area contributed by atoms with Crippen molar-refractivity contribution in [1.29, 1.82) is 0 Å². The van der Waals surface area contributed by atoms with Gasteiger partial charge in [-0.05, 0) is 12.8 Å². The molecule has 1 aliphatic carbocycles. The van der Waals surface area contributed by atoms with Crippen molar-refractivity contribution in [2.75, 3.05) is 6.61 Å². The Morgan fingerprint density at radius 3 is 2.83 bits per heavy atom. The number of rotatable bonds is 4. The Bertz CT molecular complexity index is 520. The Kier molecular flexibility index (Phi) is 3.24. The number of Topliss-reactive ketones (excluding diaryl/α,β-unsaturated/α-hetero) is 2. The Morgan fingerprint density at radius 2 is 2.22 bits per heavy atom. The van der Waals surface area contributed by atoms with Crippen molar-refractivity contribution in [2.24, 2.45) is 5.92 Å². The van der Waals surface area contributed by atoms with Gasteiger partial charge in [0.25, 0.3) is 5.78 Å². The summed E-state index contributed by atoms with van der Waals surface area (Å²) in [5.41, 5.74) is 0.942. The van der Waals surface area contributed by atoms with Crippen LogP contribution in [0.25, 0.3) is 0 Å². The minimum Gasteiger partial charge on any atom is -0.475 e. The van der Waals surface area contributed by atoms with E-state index in [2.05, 4.69) is 5.10 Å². The molecule has 1 heterocycles. The quantitative estimate of drug-likeness (QED) is 0.540. The van der Waals surface area contributed by atoms with Crippen LogP contribution in [0.4, 0.5) is 0 Å². The van der Waals surface area contributed by atoms with Gasteiger partial charge < -0.3 is 10.2 Å². The first-order chi connectivity index (χ1) is 8.56. The molecular weight excluding hydrogens is 240 g/mol. The molecule has 0 spiro atoms. The maximum absolute atomic E-state index is 12.0. The number of aliphatic hydroxyl groups excluding tert-OH is 1. The highest BCUT2D eigenvalue weighted by atomic mass is 16.4. The zero-order valence-corrected chi connectivity index (χ0v) is 9.50. The van der Waals surface area contributed by atoms with Crippen molar-refractivity contribution in [3.05, 3.63) is 17.5 Å². The van der Waals surface area contributed by atoms with Crippen molar-refractivity contribution in [2.45, 2.75) is 19.4 Å². The molecule has 1 atom stereocenters. The van der Waals surface area contributed by atoms with Crippen LogP contribution < -0.4 is 0 Å². The van der Waals surface area contributed by atoms with E-state index in [1.165, 1.54) is 10.9 Å². The fourth-order valence-electron chi connectivity index (χ4n) is 2.17. The Labute approximate surface area is 102 Å². The van der Waals surface area contributed by atoms with E-state index >= 15 is 0 Å². The summed E-state index contributed by atoms with van der Waals surface area (Å²) in [6.45, 7) is 0.181. The SMILES string of the molecule is O=C(O)C(=O)C1CCc2c(cnn2CCO)C1=O. The minimum atomic E-state index is -1.58. The van der Waals surface area contributed by atoms with Gasteiger partial charge in [-0.25, -0.2) is 4.79 Å². The number of nitrogens with zero attached hydrogens (tertiary/aromatic N) is 2. The van der Waals surface area contributed by atoms with Gasteiger partial charge in [-0.3, -0.25) is 14.3 Å². The van der Waals surface area contributed by atoms with Crippen LogP contribution in [0.1, 0.15) is 22.5 Å². The second-order valence-electron chi connectivity index (χ2n) is 4.08. The molecule has 0 saturated heterocycles. The lowest BCUT2D eigenvalue weighted by atomic mass is 9.83. The number of carboxylic acids is 1. The second-order valence-corrected chi connectivity index (χ2v) is 4.08. The lowest BCUT2D eigenvalue weighted by Gasteiger charge is -2.19. The van der Waals surface area contributed by atoms with Crippen LogP contribution in [0.3, 0.4) is 0 Å². The summed E-state index contributed by atoms with van der Waals surface area (Å²) >= 11 is 0. The average molecular weight is 252 g/mol. The number of carbonyl (C=O) groups is 3. The van der Waals surface area contributed by atoms with Gasteiger partial charge in [-0.15, -0.1) is 0 Å². The monoisotopic (exact) mass is 252 g/mol. The van der Waals surface area contributed by atoms with Crippen molar-refractivity contribution in [3.8, 4) is 0 Å². The van der Waals surface area contributed by atoms with E-state index in [0.717, 1.165) is 0 Å². The lowest BCUT2D eigenvalue weighted by Crippen LogP contribution is -2.34. The molecule has 7 heteroatoms. The molecule has 2 rings (SSSR count). The van der Waals surface area contributed by atoms with Crippen molar-refractivity contribution >= 4 is 17.5 Å². The first-order valence-electron chi connectivity index (χ1n) is 5.53. The van der Waals surface area contributed by atoms with Crippen molar-refractivity contribution < 1.29 is 24.6 Å². The van der Waals surface area contributed by atoms with Crippen LogP contribution >= 0.6 is 0 Å². The van der Waals surface area contributed by atoms with Gasteiger partial charge in [-0.1, -0.05) is 0 Å². The molecule has 0 amide bonds. The van der Waals surface area contributed by atoms with Crippen molar-refractivity contribution in [3.63, 3.8) is 0 Å². The minimum absolute atomic E-state index is 0.0974. The highest BCUT2D eigenvalue weighted by Gasteiger charge is 2.37. The molecule has 0 radical (unpaired) electrons. The number of ketones is 2. The molecule has 18 heavy (non-hydrogen) atoms. The third-order valence-electron chi connectivity index (χ3n) is 3.04. The molecular formula is C11H12N2O5. The van der Waals surface area contributed by atoms with Crippen molar-refractivity contribution in [1.82, 2.24) is 9.78 Å². The molecule has 0 saturated carbocycles. The Morgan fingerprint density at radius 1 is 1.50 bits per heavy atom. The molecule has 1 aromatic heterocycles. The van der Waals surface area contributed by atoms with Crippen LogP contribution in [-0.4, -0.2) is 44.1 Å². The zero-order valence-electron chi connectivity index (χ0n) is 9.50. The highest BCUT2D eigenvalue weighted by Crippen LogP contribution is 2.26. The maximum Gasteiger partial charge on any atom is 0.372 e.